The lowest BCUT2D eigenvalue weighted by molar-refractivity contribution is 0.144. The fourth-order valence-corrected chi connectivity index (χ4v) is 3.94. The summed E-state index contributed by atoms with van der Waals surface area (Å²) in [5, 5.41) is 0. The summed E-state index contributed by atoms with van der Waals surface area (Å²) >= 11 is 5.58. The molecule has 0 saturated heterocycles. The van der Waals surface area contributed by atoms with Crippen molar-refractivity contribution in [2.75, 3.05) is 6.26 Å². The van der Waals surface area contributed by atoms with Crippen molar-refractivity contribution in [3.63, 3.8) is 0 Å². The summed E-state index contributed by atoms with van der Waals surface area (Å²) in [6.45, 7) is 7.32. The second kappa shape index (κ2) is 6.44. The molecule has 0 saturated carbocycles. The Balaban J connectivity index is 4.58. The molecule has 86 valence electrons. The lowest BCUT2D eigenvalue weighted by Gasteiger charge is -2.25. The number of rotatable bonds is 6. The van der Waals surface area contributed by atoms with Gasteiger partial charge in [0.15, 0.2) is 0 Å². The molecule has 0 aliphatic carbocycles. The van der Waals surface area contributed by atoms with Crippen LogP contribution in [-0.4, -0.2) is 22.8 Å². The van der Waals surface area contributed by atoms with Gasteiger partial charge in [-0.3, -0.25) is 4.57 Å². The van der Waals surface area contributed by atoms with Crippen LogP contribution in [0.2, 0.25) is 0 Å². The van der Waals surface area contributed by atoms with Gasteiger partial charge in [-0.1, -0.05) is 0 Å². The molecule has 0 radical (unpaired) electrons. The molecular formula is C8H19O3PS2. The number of thioether (sulfide) groups is 1. The molecule has 14 heavy (non-hydrogen) atoms. The fourth-order valence-electron chi connectivity index (χ4n) is 0.846. The smallest absolute Gasteiger partial charge is 0.304 e. The Morgan fingerprint density at radius 3 is 1.71 bits per heavy atom. The van der Waals surface area contributed by atoms with E-state index in [1.54, 1.807) is 0 Å². The fraction of sp³-hybridized carbons (Fsp3) is 1.00. The minimum Gasteiger partial charge on any atom is -0.304 e. The van der Waals surface area contributed by atoms with Crippen molar-refractivity contribution in [1.29, 1.82) is 0 Å². The molecule has 0 spiro atoms. The van der Waals surface area contributed by atoms with Crippen LogP contribution in [0, 0.1) is 0 Å². The van der Waals surface area contributed by atoms with Crippen LogP contribution in [0.1, 0.15) is 27.7 Å². The van der Waals surface area contributed by atoms with E-state index in [2.05, 4.69) is 12.6 Å². The second-order valence-electron chi connectivity index (χ2n) is 3.41. The van der Waals surface area contributed by atoms with Crippen molar-refractivity contribution in [3.05, 3.63) is 0 Å². The zero-order valence-corrected chi connectivity index (χ0v) is 11.9. The number of hydrogen-bond donors (Lipinski definition) is 1. The predicted octanol–water partition coefficient (Wildman–Crippen LogP) is 3.61. The third kappa shape index (κ3) is 5.08. The van der Waals surface area contributed by atoms with E-state index in [9.17, 15) is 4.57 Å². The maximum Gasteiger partial charge on any atom is 0.353 e. The first-order chi connectivity index (χ1) is 6.31. The van der Waals surface area contributed by atoms with Crippen molar-refractivity contribution in [3.8, 4) is 0 Å². The normalized spacial score (nSPS) is 15.1. The Morgan fingerprint density at radius 2 is 1.50 bits per heavy atom. The summed E-state index contributed by atoms with van der Waals surface area (Å²) in [5.74, 6) is 0. The summed E-state index contributed by atoms with van der Waals surface area (Å²) in [5.41, 5.74) is 0. The van der Waals surface area contributed by atoms with E-state index in [1.807, 2.05) is 34.0 Å². The van der Waals surface area contributed by atoms with Crippen LogP contribution >= 0.6 is 32.0 Å². The predicted molar refractivity (Wildman–Crippen MR) is 66.3 cm³/mol. The Kier molecular flexibility index (Phi) is 6.83. The van der Waals surface area contributed by atoms with E-state index in [0.29, 0.717) is 0 Å². The molecule has 0 rings (SSSR count). The molecule has 0 aromatic rings. The zero-order valence-electron chi connectivity index (χ0n) is 9.26. The third-order valence-corrected chi connectivity index (χ3v) is 6.48. The highest BCUT2D eigenvalue weighted by Crippen LogP contribution is 2.59. The number of thiol groups is 1. The lowest BCUT2D eigenvalue weighted by atomic mass is 10.5. The largest absolute Gasteiger partial charge is 0.353 e. The molecule has 0 heterocycles. The molecule has 6 heteroatoms. The van der Waals surface area contributed by atoms with Crippen molar-refractivity contribution in [2.45, 2.75) is 44.2 Å². The van der Waals surface area contributed by atoms with Crippen molar-refractivity contribution >= 4 is 32.0 Å². The highest BCUT2D eigenvalue weighted by Gasteiger charge is 2.35. The highest BCUT2D eigenvalue weighted by molar-refractivity contribution is 8.17. The second-order valence-corrected chi connectivity index (χ2v) is 7.99. The standard InChI is InChI=1S/C8H19O3PS2/c1-6(2)10-12(9,8(13)14-5)11-7(3)4/h6-8,13H,1-5H3. The van der Waals surface area contributed by atoms with E-state index >= 15 is 0 Å². The monoisotopic (exact) mass is 258 g/mol. The minimum atomic E-state index is -3.10. The van der Waals surface area contributed by atoms with Gasteiger partial charge in [0.1, 0.15) is 4.32 Å². The van der Waals surface area contributed by atoms with Crippen LogP contribution < -0.4 is 0 Å². The van der Waals surface area contributed by atoms with Crippen molar-refractivity contribution in [2.24, 2.45) is 0 Å². The minimum absolute atomic E-state index is 0.124. The van der Waals surface area contributed by atoms with Gasteiger partial charge in [0.2, 0.25) is 0 Å². The Bertz CT molecular complexity index is 195. The van der Waals surface area contributed by atoms with Gasteiger partial charge in [0.05, 0.1) is 12.2 Å². The summed E-state index contributed by atoms with van der Waals surface area (Å²) in [6, 6.07) is 0. The van der Waals surface area contributed by atoms with Crippen LogP contribution in [-0.2, 0) is 13.6 Å². The molecule has 3 nitrogen and oxygen atoms in total. The third-order valence-electron chi connectivity index (χ3n) is 1.20. The van der Waals surface area contributed by atoms with E-state index in [1.165, 1.54) is 11.8 Å². The Morgan fingerprint density at radius 1 is 1.14 bits per heavy atom. The van der Waals surface area contributed by atoms with Gasteiger partial charge in [0, 0.05) is 0 Å². The average molecular weight is 258 g/mol. The molecule has 0 N–H and O–H groups in total. The molecule has 0 aliphatic heterocycles. The van der Waals surface area contributed by atoms with Gasteiger partial charge in [-0.25, -0.2) is 0 Å². The summed E-state index contributed by atoms with van der Waals surface area (Å²) in [6.07, 6.45) is 1.58. The number of hydrogen-bond acceptors (Lipinski definition) is 5. The first kappa shape index (κ1) is 14.8. The average Bonchev–Trinajstić information content (AvgIpc) is 1.99. The Hall–Kier alpha value is 0.850. The van der Waals surface area contributed by atoms with Crippen LogP contribution in [0.4, 0.5) is 0 Å². The molecule has 0 bridgehead atoms. The van der Waals surface area contributed by atoms with E-state index in [4.69, 9.17) is 9.05 Å². The van der Waals surface area contributed by atoms with Crippen LogP contribution in [0.15, 0.2) is 0 Å². The Labute approximate surface area is 96.3 Å². The van der Waals surface area contributed by atoms with Crippen LogP contribution in [0.25, 0.3) is 0 Å². The van der Waals surface area contributed by atoms with Crippen molar-refractivity contribution in [1.82, 2.24) is 0 Å². The molecule has 0 aromatic carbocycles. The van der Waals surface area contributed by atoms with Crippen LogP contribution in [0.3, 0.4) is 0 Å². The van der Waals surface area contributed by atoms with Gasteiger partial charge >= 0.3 is 7.60 Å². The molecule has 0 aliphatic rings. The highest BCUT2D eigenvalue weighted by atomic mass is 32.2. The van der Waals surface area contributed by atoms with Gasteiger partial charge in [0.25, 0.3) is 0 Å². The van der Waals surface area contributed by atoms with E-state index < -0.39 is 11.9 Å². The quantitative estimate of drug-likeness (QED) is 0.448. The molecule has 0 fully saturated rings. The SMILES string of the molecule is CSC(S)P(=O)(OC(C)C)OC(C)C. The van der Waals surface area contributed by atoms with Gasteiger partial charge in [-0.15, -0.1) is 11.8 Å². The molecule has 1 unspecified atom stereocenters. The van der Waals surface area contributed by atoms with Gasteiger partial charge in [-0.2, -0.15) is 12.6 Å². The molecular weight excluding hydrogens is 239 g/mol. The van der Waals surface area contributed by atoms with Crippen LogP contribution in [0.5, 0.6) is 0 Å². The van der Waals surface area contributed by atoms with E-state index in [-0.39, 0.29) is 12.2 Å². The topological polar surface area (TPSA) is 35.5 Å². The van der Waals surface area contributed by atoms with Gasteiger partial charge in [-0.05, 0) is 34.0 Å². The lowest BCUT2D eigenvalue weighted by Crippen LogP contribution is -2.12. The zero-order chi connectivity index (χ0) is 11.4. The van der Waals surface area contributed by atoms with Crippen molar-refractivity contribution < 1.29 is 13.6 Å². The van der Waals surface area contributed by atoms with E-state index in [0.717, 1.165) is 0 Å². The summed E-state index contributed by atoms with van der Waals surface area (Å²) < 4.78 is 22.5. The maximum absolute atomic E-state index is 12.2. The first-order valence-corrected chi connectivity index (χ1v) is 7.91. The van der Waals surface area contributed by atoms with Gasteiger partial charge < -0.3 is 9.05 Å². The first-order valence-electron chi connectivity index (χ1n) is 4.49. The molecule has 1 atom stereocenters. The molecule has 0 amide bonds. The molecule has 0 aromatic heterocycles. The summed E-state index contributed by atoms with van der Waals surface area (Å²) in [4.78, 5) is 0. The maximum atomic E-state index is 12.2. The summed E-state index contributed by atoms with van der Waals surface area (Å²) in [7, 11) is -3.10.